The molecule has 2 unspecified atom stereocenters. The van der Waals surface area contributed by atoms with Crippen molar-refractivity contribution >= 4 is 0 Å². The number of hydrogen-bond donors (Lipinski definition) is 2. The Hall–Kier alpha value is -1.79. The number of nitrogens with one attached hydrogen (secondary N) is 1. The first-order valence-electron chi connectivity index (χ1n) is 6.90. The number of nitrogens with zero attached hydrogens (tertiary/aromatic N) is 2. The molecule has 0 aliphatic heterocycles. The Morgan fingerprint density at radius 1 is 1.29 bits per heavy atom. The molecule has 2 rings (SSSR count). The van der Waals surface area contributed by atoms with Crippen LogP contribution in [0.2, 0.25) is 0 Å². The lowest BCUT2D eigenvalue weighted by atomic mass is 10.1. The third-order valence-corrected chi connectivity index (χ3v) is 3.34. The molecule has 2 atom stereocenters. The van der Waals surface area contributed by atoms with E-state index in [1.54, 1.807) is 6.20 Å². The summed E-state index contributed by atoms with van der Waals surface area (Å²) in [7, 11) is 0. The van der Waals surface area contributed by atoms with Gasteiger partial charge in [-0.05, 0) is 31.5 Å². The molecule has 0 saturated carbocycles. The minimum atomic E-state index is -1.21. The van der Waals surface area contributed by atoms with Crippen LogP contribution in [0.4, 0.5) is 8.78 Å². The van der Waals surface area contributed by atoms with Crippen LogP contribution in [0.15, 0.2) is 36.7 Å². The number of aliphatic hydroxyl groups excluding tert-OH is 1. The third kappa shape index (κ3) is 4.34. The number of aryl methyl sites for hydroxylation is 1. The molecule has 0 radical (unpaired) electrons. The van der Waals surface area contributed by atoms with Gasteiger partial charge < -0.3 is 10.4 Å². The summed E-state index contributed by atoms with van der Waals surface area (Å²) in [5, 5.41) is 17.1. The summed E-state index contributed by atoms with van der Waals surface area (Å²) >= 11 is 0. The van der Waals surface area contributed by atoms with E-state index in [1.165, 1.54) is 6.07 Å². The maximum absolute atomic E-state index is 13.5. The molecule has 0 saturated heterocycles. The van der Waals surface area contributed by atoms with E-state index >= 15 is 0 Å². The molecule has 4 nitrogen and oxygen atoms in total. The van der Waals surface area contributed by atoms with E-state index in [0.29, 0.717) is 0 Å². The molecule has 0 aliphatic rings. The van der Waals surface area contributed by atoms with Gasteiger partial charge in [-0.2, -0.15) is 5.10 Å². The highest BCUT2D eigenvalue weighted by Gasteiger charge is 2.18. The van der Waals surface area contributed by atoms with E-state index in [1.807, 2.05) is 23.9 Å². The highest BCUT2D eigenvalue weighted by molar-refractivity contribution is 5.22. The molecule has 0 spiro atoms. The van der Waals surface area contributed by atoms with E-state index < -0.39 is 17.7 Å². The number of rotatable bonds is 7. The van der Waals surface area contributed by atoms with Crippen molar-refractivity contribution in [3.8, 4) is 0 Å². The zero-order chi connectivity index (χ0) is 15.2. The smallest absolute Gasteiger partial charge is 0.131 e. The molecule has 114 valence electrons. The number of hydrogen-bond acceptors (Lipinski definition) is 3. The van der Waals surface area contributed by atoms with Crippen molar-refractivity contribution in [3.63, 3.8) is 0 Å². The second-order valence-electron chi connectivity index (χ2n) is 5.02. The average molecular weight is 295 g/mol. The van der Waals surface area contributed by atoms with Gasteiger partial charge in [0.25, 0.3) is 0 Å². The highest BCUT2D eigenvalue weighted by Crippen LogP contribution is 2.20. The third-order valence-electron chi connectivity index (χ3n) is 3.34. The standard InChI is InChI=1S/C15H19F2N3O/c1-11(6-9-20-8-3-7-19-20)18-10-14(21)15-12(16)4-2-5-13(15)17/h2-5,7-8,11,14,18,21H,6,9-10H2,1H3. The average Bonchev–Trinajstić information content (AvgIpc) is 2.96. The second kappa shape index (κ2) is 7.28. The summed E-state index contributed by atoms with van der Waals surface area (Å²) in [4.78, 5) is 0. The zero-order valence-electron chi connectivity index (χ0n) is 11.8. The number of aromatic nitrogens is 2. The van der Waals surface area contributed by atoms with Gasteiger partial charge in [-0.3, -0.25) is 4.68 Å². The Balaban J connectivity index is 1.81. The summed E-state index contributed by atoms with van der Waals surface area (Å²) in [6, 6.07) is 5.51. The molecular formula is C15H19F2N3O. The topological polar surface area (TPSA) is 50.1 Å². The van der Waals surface area contributed by atoms with Gasteiger partial charge in [0, 0.05) is 31.5 Å². The van der Waals surface area contributed by atoms with Gasteiger partial charge in [-0.25, -0.2) is 8.78 Å². The van der Waals surface area contributed by atoms with Crippen LogP contribution in [0.5, 0.6) is 0 Å². The minimum Gasteiger partial charge on any atom is -0.387 e. The van der Waals surface area contributed by atoms with Crippen molar-refractivity contribution in [3.05, 3.63) is 53.9 Å². The number of halogens is 2. The lowest BCUT2D eigenvalue weighted by molar-refractivity contribution is 0.160. The number of benzene rings is 1. The van der Waals surface area contributed by atoms with Gasteiger partial charge in [-0.1, -0.05) is 6.07 Å². The van der Waals surface area contributed by atoms with Gasteiger partial charge in [0.15, 0.2) is 0 Å². The Bertz CT molecular complexity index is 540. The molecular weight excluding hydrogens is 276 g/mol. The molecule has 1 heterocycles. The quantitative estimate of drug-likeness (QED) is 0.824. The predicted molar refractivity (Wildman–Crippen MR) is 75.6 cm³/mol. The Labute approximate surface area is 122 Å². The lowest BCUT2D eigenvalue weighted by Crippen LogP contribution is -2.32. The predicted octanol–water partition coefficient (Wildman–Crippen LogP) is 2.26. The van der Waals surface area contributed by atoms with Gasteiger partial charge in [0.05, 0.1) is 11.7 Å². The molecule has 0 bridgehead atoms. The van der Waals surface area contributed by atoms with E-state index in [4.69, 9.17) is 0 Å². The fourth-order valence-corrected chi connectivity index (χ4v) is 2.10. The summed E-state index contributed by atoms with van der Waals surface area (Å²) in [5.41, 5.74) is -0.288. The first kappa shape index (κ1) is 15.6. The Morgan fingerprint density at radius 3 is 2.62 bits per heavy atom. The van der Waals surface area contributed by atoms with Crippen molar-refractivity contribution in [2.45, 2.75) is 32.0 Å². The van der Waals surface area contributed by atoms with Crippen molar-refractivity contribution < 1.29 is 13.9 Å². The van der Waals surface area contributed by atoms with Crippen molar-refractivity contribution in [1.82, 2.24) is 15.1 Å². The van der Waals surface area contributed by atoms with Gasteiger partial charge in [-0.15, -0.1) is 0 Å². The summed E-state index contributed by atoms with van der Waals surface area (Å²) in [6.07, 6.45) is 3.17. The molecule has 0 fully saturated rings. The van der Waals surface area contributed by atoms with Gasteiger partial charge in [0.2, 0.25) is 0 Å². The van der Waals surface area contributed by atoms with Crippen molar-refractivity contribution in [2.75, 3.05) is 6.54 Å². The van der Waals surface area contributed by atoms with E-state index in [0.717, 1.165) is 25.1 Å². The molecule has 2 aromatic rings. The molecule has 0 amide bonds. The second-order valence-corrected chi connectivity index (χ2v) is 5.02. The maximum Gasteiger partial charge on any atom is 0.131 e. The Kier molecular flexibility index (Phi) is 5.41. The summed E-state index contributed by atoms with van der Waals surface area (Å²) in [6.45, 7) is 2.79. The maximum atomic E-state index is 13.5. The van der Waals surface area contributed by atoms with Gasteiger partial charge in [0.1, 0.15) is 11.6 Å². The van der Waals surface area contributed by atoms with Crippen molar-refractivity contribution in [2.24, 2.45) is 0 Å². The van der Waals surface area contributed by atoms with Crippen LogP contribution < -0.4 is 5.32 Å². The summed E-state index contributed by atoms with van der Waals surface area (Å²) in [5.74, 6) is -1.46. The largest absolute Gasteiger partial charge is 0.387 e. The first-order valence-corrected chi connectivity index (χ1v) is 6.90. The van der Waals surface area contributed by atoms with Crippen LogP contribution in [0.1, 0.15) is 25.0 Å². The molecule has 1 aromatic carbocycles. The molecule has 2 N–H and O–H groups in total. The van der Waals surface area contributed by atoms with Crippen LogP contribution in [-0.4, -0.2) is 27.5 Å². The SMILES string of the molecule is CC(CCn1cccn1)NCC(O)c1c(F)cccc1F. The number of aliphatic hydroxyl groups is 1. The van der Waals surface area contributed by atoms with Crippen LogP contribution in [0.3, 0.4) is 0 Å². The minimum absolute atomic E-state index is 0.0954. The van der Waals surface area contributed by atoms with Gasteiger partial charge >= 0.3 is 0 Å². The van der Waals surface area contributed by atoms with Crippen LogP contribution in [-0.2, 0) is 6.54 Å². The molecule has 0 aliphatic carbocycles. The molecule has 1 aromatic heterocycles. The first-order chi connectivity index (χ1) is 10.1. The fraction of sp³-hybridized carbons (Fsp3) is 0.400. The monoisotopic (exact) mass is 295 g/mol. The summed E-state index contributed by atoms with van der Waals surface area (Å²) < 4.78 is 28.9. The van der Waals surface area contributed by atoms with Crippen LogP contribution in [0, 0.1) is 11.6 Å². The van der Waals surface area contributed by atoms with E-state index in [-0.39, 0.29) is 18.2 Å². The zero-order valence-corrected chi connectivity index (χ0v) is 11.8. The lowest BCUT2D eigenvalue weighted by Gasteiger charge is -2.18. The van der Waals surface area contributed by atoms with Crippen LogP contribution >= 0.6 is 0 Å². The fourth-order valence-electron chi connectivity index (χ4n) is 2.10. The molecule has 21 heavy (non-hydrogen) atoms. The van der Waals surface area contributed by atoms with E-state index in [2.05, 4.69) is 10.4 Å². The normalized spacial score (nSPS) is 14.1. The molecule has 6 heteroatoms. The Morgan fingerprint density at radius 2 is 2.00 bits per heavy atom. The van der Waals surface area contributed by atoms with E-state index in [9.17, 15) is 13.9 Å². The van der Waals surface area contributed by atoms with Crippen molar-refractivity contribution in [1.29, 1.82) is 0 Å². The highest BCUT2D eigenvalue weighted by atomic mass is 19.1. The van der Waals surface area contributed by atoms with Crippen LogP contribution in [0.25, 0.3) is 0 Å².